The number of hydrogen-bond donors (Lipinski definition) is 1. The van der Waals surface area contributed by atoms with Gasteiger partial charge in [0.15, 0.2) is 0 Å². The van der Waals surface area contributed by atoms with Crippen LogP contribution < -0.4 is 0 Å². The molecular weight excluding hydrogens is 268 g/mol. The summed E-state index contributed by atoms with van der Waals surface area (Å²) in [5, 5.41) is 10.5. The van der Waals surface area contributed by atoms with E-state index in [0.717, 1.165) is 25.2 Å². The van der Waals surface area contributed by atoms with Crippen LogP contribution in [0.2, 0.25) is 0 Å². The molecule has 3 rings (SSSR count). The van der Waals surface area contributed by atoms with Gasteiger partial charge in [-0.15, -0.1) is 11.8 Å². The molecule has 2 nitrogen and oxygen atoms in total. The normalized spacial score (nSPS) is 26.8. The molecule has 1 aromatic carbocycles. The van der Waals surface area contributed by atoms with E-state index < -0.39 is 0 Å². The van der Waals surface area contributed by atoms with E-state index >= 15 is 0 Å². The van der Waals surface area contributed by atoms with Crippen LogP contribution >= 0.6 is 11.8 Å². The molecule has 2 atom stereocenters. The zero-order valence-electron chi connectivity index (χ0n) is 12.0. The fourth-order valence-corrected chi connectivity index (χ4v) is 4.58. The lowest BCUT2D eigenvalue weighted by molar-refractivity contribution is -0.109. The highest BCUT2D eigenvalue weighted by Gasteiger charge is 2.41. The van der Waals surface area contributed by atoms with Gasteiger partial charge in [0.05, 0.1) is 11.7 Å². The summed E-state index contributed by atoms with van der Waals surface area (Å²) in [6.07, 6.45) is 6.84. The maximum Gasteiger partial charge on any atom is 0.0686 e. The first-order valence-electron chi connectivity index (χ1n) is 7.77. The average Bonchev–Trinajstić information content (AvgIpc) is 2.93. The Kier molecular flexibility index (Phi) is 4.69. The molecule has 1 N–H and O–H groups in total. The van der Waals surface area contributed by atoms with Crippen molar-refractivity contribution in [3.8, 4) is 0 Å². The van der Waals surface area contributed by atoms with Gasteiger partial charge in [0.25, 0.3) is 0 Å². The van der Waals surface area contributed by atoms with Gasteiger partial charge in [0, 0.05) is 17.3 Å². The van der Waals surface area contributed by atoms with Crippen molar-refractivity contribution in [1.82, 2.24) is 0 Å². The smallest absolute Gasteiger partial charge is 0.0686 e. The summed E-state index contributed by atoms with van der Waals surface area (Å²) in [4.78, 5) is 1.24. The Hall–Kier alpha value is -0.510. The van der Waals surface area contributed by atoms with Crippen molar-refractivity contribution in [1.29, 1.82) is 0 Å². The summed E-state index contributed by atoms with van der Waals surface area (Å²) in [6.45, 7) is 0.831. The van der Waals surface area contributed by atoms with Crippen LogP contribution in [0.4, 0.5) is 0 Å². The third kappa shape index (κ3) is 3.38. The number of ether oxygens (including phenoxy) is 1. The molecule has 1 saturated carbocycles. The highest BCUT2D eigenvalue weighted by atomic mass is 32.2. The van der Waals surface area contributed by atoms with E-state index in [1.54, 1.807) is 11.8 Å². The monoisotopic (exact) mass is 292 g/mol. The molecule has 20 heavy (non-hydrogen) atoms. The van der Waals surface area contributed by atoms with Crippen LogP contribution in [-0.4, -0.2) is 29.2 Å². The predicted octanol–water partition coefficient (Wildman–Crippen LogP) is 3.88. The van der Waals surface area contributed by atoms with Crippen molar-refractivity contribution >= 4 is 11.8 Å². The highest BCUT2D eigenvalue weighted by molar-refractivity contribution is 7.99. The zero-order valence-corrected chi connectivity index (χ0v) is 12.8. The molecule has 110 valence electrons. The van der Waals surface area contributed by atoms with E-state index in [2.05, 4.69) is 24.3 Å². The van der Waals surface area contributed by atoms with Crippen molar-refractivity contribution in [3.05, 3.63) is 30.3 Å². The lowest BCUT2D eigenvalue weighted by Crippen LogP contribution is -2.41. The molecule has 2 unspecified atom stereocenters. The van der Waals surface area contributed by atoms with Gasteiger partial charge in [-0.1, -0.05) is 31.0 Å². The Bertz CT molecular complexity index is 414. The molecule has 0 amide bonds. The summed E-state index contributed by atoms with van der Waals surface area (Å²) >= 11 is 1.76. The van der Waals surface area contributed by atoms with Crippen LogP contribution in [0.5, 0.6) is 0 Å². The van der Waals surface area contributed by atoms with Crippen LogP contribution in [0.1, 0.15) is 38.5 Å². The Morgan fingerprint density at radius 1 is 1.25 bits per heavy atom. The largest absolute Gasteiger partial charge is 0.392 e. The van der Waals surface area contributed by atoms with Gasteiger partial charge in [-0.25, -0.2) is 0 Å². The summed E-state index contributed by atoms with van der Waals surface area (Å²) in [7, 11) is 0. The van der Waals surface area contributed by atoms with Gasteiger partial charge < -0.3 is 9.84 Å². The summed E-state index contributed by atoms with van der Waals surface area (Å²) < 4.78 is 6.05. The predicted molar refractivity (Wildman–Crippen MR) is 83.0 cm³/mol. The molecule has 1 aliphatic heterocycles. The second-order valence-corrected chi connectivity index (χ2v) is 7.28. The van der Waals surface area contributed by atoms with Crippen LogP contribution in [-0.2, 0) is 4.74 Å². The summed E-state index contributed by atoms with van der Waals surface area (Å²) in [5.74, 6) is 1.21. The van der Waals surface area contributed by atoms with Crippen LogP contribution in [0.15, 0.2) is 35.2 Å². The maximum atomic E-state index is 10.5. The van der Waals surface area contributed by atoms with Crippen molar-refractivity contribution in [2.45, 2.75) is 55.1 Å². The zero-order chi connectivity index (χ0) is 13.8. The van der Waals surface area contributed by atoms with E-state index in [1.165, 1.54) is 30.6 Å². The Balaban J connectivity index is 1.53. The molecule has 1 aromatic rings. The minimum absolute atomic E-state index is 0.112. The summed E-state index contributed by atoms with van der Waals surface area (Å²) in [5.41, 5.74) is 0.112. The number of aliphatic hydroxyl groups excluding tert-OH is 1. The Morgan fingerprint density at radius 3 is 2.75 bits per heavy atom. The van der Waals surface area contributed by atoms with Crippen molar-refractivity contribution in [2.24, 2.45) is 5.92 Å². The fourth-order valence-electron chi connectivity index (χ4n) is 3.60. The Morgan fingerprint density at radius 2 is 2.00 bits per heavy atom. The quantitative estimate of drug-likeness (QED) is 0.854. The van der Waals surface area contributed by atoms with Gasteiger partial charge in [0.1, 0.15) is 0 Å². The number of hydrogen-bond acceptors (Lipinski definition) is 3. The van der Waals surface area contributed by atoms with Crippen molar-refractivity contribution in [2.75, 3.05) is 12.4 Å². The second kappa shape index (κ2) is 6.50. The van der Waals surface area contributed by atoms with Crippen LogP contribution in [0.25, 0.3) is 0 Å². The first-order valence-corrected chi connectivity index (χ1v) is 8.76. The van der Waals surface area contributed by atoms with Gasteiger partial charge >= 0.3 is 0 Å². The minimum Gasteiger partial charge on any atom is -0.392 e. The van der Waals surface area contributed by atoms with E-state index in [4.69, 9.17) is 4.74 Å². The molecule has 0 bridgehead atoms. The molecular formula is C17H24O2S. The molecule has 1 aliphatic carbocycles. The first-order chi connectivity index (χ1) is 9.77. The topological polar surface area (TPSA) is 29.5 Å². The third-order valence-electron chi connectivity index (χ3n) is 4.75. The van der Waals surface area contributed by atoms with E-state index in [1.807, 2.05) is 6.07 Å². The van der Waals surface area contributed by atoms with Gasteiger partial charge in [-0.3, -0.25) is 0 Å². The highest BCUT2D eigenvalue weighted by Crippen LogP contribution is 2.43. The molecule has 0 radical (unpaired) electrons. The van der Waals surface area contributed by atoms with Gasteiger partial charge in [0.2, 0.25) is 0 Å². The van der Waals surface area contributed by atoms with Crippen molar-refractivity contribution in [3.63, 3.8) is 0 Å². The SMILES string of the molecule is OC(CSc1ccccc1)C1CCOC2(CCCC2)C1. The van der Waals surface area contributed by atoms with Crippen LogP contribution in [0.3, 0.4) is 0 Å². The number of rotatable bonds is 4. The first kappa shape index (κ1) is 14.4. The molecule has 0 aromatic heterocycles. The molecule has 2 fully saturated rings. The third-order valence-corrected chi connectivity index (χ3v) is 5.87. The number of benzene rings is 1. The lowest BCUT2D eigenvalue weighted by atomic mass is 9.82. The Labute approximate surface area is 125 Å². The minimum atomic E-state index is -0.207. The molecule has 2 aliphatic rings. The standard InChI is InChI=1S/C17H24O2S/c18-16(13-20-15-6-2-1-3-7-15)14-8-11-19-17(12-14)9-4-5-10-17/h1-3,6-7,14,16,18H,4-5,8-13H2. The second-order valence-electron chi connectivity index (χ2n) is 6.18. The molecule has 1 heterocycles. The molecule has 1 spiro atoms. The fraction of sp³-hybridized carbons (Fsp3) is 0.647. The van der Waals surface area contributed by atoms with Crippen molar-refractivity contribution < 1.29 is 9.84 Å². The van der Waals surface area contributed by atoms with Gasteiger partial charge in [-0.2, -0.15) is 0 Å². The van der Waals surface area contributed by atoms with E-state index in [9.17, 15) is 5.11 Å². The van der Waals surface area contributed by atoms with E-state index in [-0.39, 0.29) is 11.7 Å². The van der Waals surface area contributed by atoms with Gasteiger partial charge in [-0.05, 0) is 43.7 Å². The molecule has 1 saturated heterocycles. The summed E-state index contributed by atoms with van der Waals surface area (Å²) in [6, 6.07) is 10.4. The average molecular weight is 292 g/mol. The number of thioether (sulfide) groups is 1. The molecule has 3 heteroatoms. The lowest BCUT2D eigenvalue weighted by Gasteiger charge is -2.40. The van der Waals surface area contributed by atoms with Crippen LogP contribution in [0, 0.1) is 5.92 Å². The van der Waals surface area contributed by atoms with E-state index in [0.29, 0.717) is 5.92 Å². The maximum absolute atomic E-state index is 10.5. The number of aliphatic hydroxyl groups is 1.